The molecule has 0 atom stereocenters. The van der Waals surface area contributed by atoms with Crippen LogP contribution in [0.2, 0.25) is 0 Å². The summed E-state index contributed by atoms with van der Waals surface area (Å²) >= 11 is 0. The molecule has 0 aliphatic carbocycles. The standard InChI is InChI=1S/C12H17N3/c1-12(2,3)8-9-5-6-10-11(7-9)14-15(4)13-10/h5-7H,8H2,1-4H3. The van der Waals surface area contributed by atoms with Crippen molar-refractivity contribution in [2.75, 3.05) is 0 Å². The molecule has 0 aliphatic rings. The lowest BCUT2D eigenvalue weighted by Crippen LogP contribution is -2.08. The second kappa shape index (κ2) is 3.33. The molecule has 0 radical (unpaired) electrons. The normalized spacial score (nSPS) is 12.3. The van der Waals surface area contributed by atoms with Gasteiger partial charge in [-0.05, 0) is 29.5 Å². The summed E-state index contributed by atoms with van der Waals surface area (Å²) in [5.41, 5.74) is 3.60. The first-order valence-electron chi connectivity index (χ1n) is 5.24. The highest BCUT2D eigenvalue weighted by atomic mass is 15.4. The van der Waals surface area contributed by atoms with Gasteiger partial charge in [-0.1, -0.05) is 26.8 Å². The van der Waals surface area contributed by atoms with Crippen LogP contribution >= 0.6 is 0 Å². The van der Waals surface area contributed by atoms with Crippen LogP contribution < -0.4 is 0 Å². The molecule has 3 heteroatoms. The molecule has 0 N–H and O–H groups in total. The second-order valence-corrected chi connectivity index (χ2v) is 5.25. The van der Waals surface area contributed by atoms with Crippen molar-refractivity contribution in [3.63, 3.8) is 0 Å². The fraction of sp³-hybridized carbons (Fsp3) is 0.500. The lowest BCUT2D eigenvalue weighted by Gasteiger charge is -2.17. The molecule has 1 heterocycles. The van der Waals surface area contributed by atoms with Crippen molar-refractivity contribution in [1.29, 1.82) is 0 Å². The van der Waals surface area contributed by atoms with Crippen LogP contribution in [0.4, 0.5) is 0 Å². The van der Waals surface area contributed by atoms with E-state index in [4.69, 9.17) is 0 Å². The smallest absolute Gasteiger partial charge is 0.113 e. The third kappa shape index (κ3) is 2.35. The van der Waals surface area contributed by atoms with Gasteiger partial charge in [-0.3, -0.25) is 0 Å². The van der Waals surface area contributed by atoms with Gasteiger partial charge in [0.2, 0.25) is 0 Å². The van der Waals surface area contributed by atoms with Crippen LogP contribution in [-0.2, 0) is 13.5 Å². The van der Waals surface area contributed by atoms with Crippen molar-refractivity contribution >= 4 is 11.0 Å². The Balaban J connectivity index is 2.38. The number of hydrogen-bond donors (Lipinski definition) is 0. The molecule has 0 unspecified atom stereocenters. The Labute approximate surface area is 90.1 Å². The summed E-state index contributed by atoms with van der Waals surface area (Å²) in [6, 6.07) is 6.32. The summed E-state index contributed by atoms with van der Waals surface area (Å²) < 4.78 is 0. The summed E-state index contributed by atoms with van der Waals surface area (Å²) in [5, 5.41) is 8.57. The van der Waals surface area contributed by atoms with Crippen LogP contribution in [0.15, 0.2) is 18.2 Å². The molecule has 0 saturated heterocycles. The van der Waals surface area contributed by atoms with E-state index in [1.165, 1.54) is 5.56 Å². The van der Waals surface area contributed by atoms with Gasteiger partial charge in [0.15, 0.2) is 0 Å². The van der Waals surface area contributed by atoms with Gasteiger partial charge in [0, 0.05) is 7.05 Å². The fourth-order valence-electron chi connectivity index (χ4n) is 1.79. The Morgan fingerprint density at radius 1 is 1.13 bits per heavy atom. The number of fused-ring (bicyclic) bond motifs is 1. The lowest BCUT2D eigenvalue weighted by atomic mass is 9.88. The van der Waals surface area contributed by atoms with Crippen LogP contribution in [0.3, 0.4) is 0 Å². The van der Waals surface area contributed by atoms with Crippen LogP contribution in [0.25, 0.3) is 11.0 Å². The maximum atomic E-state index is 4.31. The van der Waals surface area contributed by atoms with E-state index in [9.17, 15) is 0 Å². The first kappa shape index (κ1) is 10.1. The average molecular weight is 203 g/mol. The van der Waals surface area contributed by atoms with Gasteiger partial charge in [0.05, 0.1) is 0 Å². The predicted octanol–water partition coefficient (Wildman–Crippen LogP) is 2.56. The average Bonchev–Trinajstić information content (AvgIpc) is 2.40. The maximum Gasteiger partial charge on any atom is 0.113 e. The first-order valence-corrected chi connectivity index (χ1v) is 5.24. The van der Waals surface area contributed by atoms with Crippen molar-refractivity contribution in [2.24, 2.45) is 12.5 Å². The van der Waals surface area contributed by atoms with E-state index in [-0.39, 0.29) is 0 Å². The molecule has 3 nitrogen and oxygen atoms in total. The minimum atomic E-state index is 0.315. The highest BCUT2D eigenvalue weighted by molar-refractivity contribution is 5.74. The van der Waals surface area contributed by atoms with Crippen molar-refractivity contribution in [2.45, 2.75) is 27.2 Å². The van der Waals surface area contributed by atoms with E-state index < -0.39 is 0 Å². The van der Waals surface area contributed by atoms with E-state index in [0.717, 1.165) is 17.5 Å². The molecule has 1 aromatic heterocycles. The van der Waals surface area contributed by atoms with E-state index in [0.29, 0.717) is 5.41 Å². The van der Waals surface area contributed by atoms with Gasteiger partial charge >= 0.3 is 0 Å². The molecule has 0 bridgehead atoms. The minimum Gasteiger partial charge on any atom is -0.187 e. The minimum absolute atomic E-state index is 0.315. The molecular weight excluding hydrogens is 186 g/mol. The van der Waals surface area contributed by atoms with Gasteiger partial charge in [-0.25, -0.2) is 0 Å². The Kier molecular flexibility index (Phi) is 2.25. The van der Waals surface area contributed by atoms with Crippen LogP contribution in [0, 0.1) is 5.41 Å². The quantitative estimate of drug-likeness (QED) is 0.713. The number of aryl methyl sites for hydroxylation is 1. The molecule has 0 aliphatic heterocycles. The van der Waals surface area contributed by atoms with Gasteiger partial charge in [-0.15, -0.1) is 0 Å². The topological polar surface area (TPSA) is 30.7 Å². The van der Waals surface area contributed by atoms with E-state index in [1.54, 1.807) is 4.80 Å². The molecule has 15 heavy (non-hydrogen) atoms. The van der Waals surface area contributed by atoms with Gasteiger partial charge in [-0.2, -0.15) is 15.0 Å². The first-order chi connectivity index (χ1) is 6.94. The molecule has 2 rings (SSSR count). The van der Waals surface area contributed by atoms with Gasteiger partial charge in [0.1, 0.15) is 11.0 Å². The van der Waals surface area contributed by atoms with Gasteiger partial charge < -0.3 is 0 Å². The van der Waals surface area contributed by atoms with E-state index >= 15 is 0 Å². The zero-order valence-electron chi connectivity index (χ0n) is 9.78. The maximum absolute atomic E-state index is 4.31. The third-order valence-electron chi connectivity index (χ3n) is 2.28. The molecular formula is C12H17N3. The zero-order chi connectivity index (χ0) is 11.1. The molecule has 0 saturated carbocycles. The largest absolute Gasteiger partial charge is 0.187 e. The van der Waals surface area contributed by atoms with E-state index in [2.05, 4.69) is 43.1 Å². The number of rotatable bonds is 1. The van der Waals surface area contributed by atoms with Gasteiger partial charge in [0.25, 0.3) is 0 Å². The Morgan fingerprint density at radius 3 is 2.47 bits per heavy atom. The van der Waals surface area contributed by atoms with Crippen molar-refractivity contribution in [3.8, 4) is 0 Å². The second-order valence-electron chi connectivity index (χ2n) is 5.25. The third-order valence-corrected chi connectivity index (χ3v) is 2.28. The summed E-state index contributed by atoms with van der Waals surface area (Å²) in [4.78, 5) is 1.62. The Hall–Kier alpha value is -1.38. The Bertz CT molecular complexity index is 477. The van der Waals surface area contributed by atoms with Crippen LogP contribution in [-0.4, -0.2) is 15.0 Å². The molecule has 2 aromatic rings. The molecule has 1 aromatic carbocycles. The molecule has 80 valence electrons. The van der Waals surface area contributed by atoms with Crippen LogP contribution in [0.1, 0.15) is 26.3 Å². The lowest BCUT2D eigenvalue weighted by molar-refractivity contribution is 0.411. The summed E-state index contributed by atoms with van der Waals surface area (Å²) in [6.45, 7) is 6.73. The molecule has 0 fully saturated rings. The Morgan fingerprint density at radius 2 is 1.80 bits per heavy atom. The number of hydrogen-bond acceptors (Lipinski definition) is 2. The highest BCUT2D eigenvalue weighted by Gasteiger charge is 2.12. The monoisotopic (exact) mass is 203 g/mol. The zero-order valence-corrected chi connectivity index (χ0v) is 9.78. The number of aromatic nitrogens is 3. The summed E-state index contributed by atoms with van der Waals surface area (Å²) in [5.74, 6) is 0. The number of nitrogens with zero attached hydrogens (tertiary/aromatic N) is 3. The van der Waals surface area contributed by atoms with Crippen molar-refractivity contribution in [1.82, 2.24) is 15.0 Å². The predicted molar refractivity (Wildman–Crippen MR) is 61.7 cm³/mol. The van der Waals surface area contributed by atoms with Crippen molar-refractivity contribution in [3.05, 3.63) is 23.8 Å². The summed E-state index contributed by atoms with van der Waals surface area (Å²) in [7, 11) is 1.85. The number of benzene rings is 1. The van der Waals surface area contributed by atoms with E-state index in [1.807, 2.05) is 13.1 Å². The van der Waals surface area contributed by atoms with Crippen LogP contribution in [0.5, 0.6) is 0 Å². The highest BCUT2D eigenvalue weighted by Crippen LogP contribution is 2.22. The molecule has 0 spiro atoms. The SMILES string of the molecule is Cn1nc2ccc(CC(C)(C)C)cc2n1. The van der Waals surface area contributed by atoms with Crippen molar-refractivity contribution < 1.29 is 0 Å². The summed E-state index contributed by atoms with van der Waals surface area (Å²) in [6.07, 6.45) is 1.07. The molecule has 0 amide bonds. The fourth-order valence-corrected chi connectivity index (χ4v) is 1.79.